The highest BCUT2D eigenvalue weighted by Gasteiger charge is 2.21. The molecular weight excluding hydrogens is 264 g/mol. The summed E-state index contributed by atoms with van der Waals surface area (Å²) in [6, 6.07) is 2.91. The largest absolute Gasteiger partial charge is 0.324 e. The van der Waals surface area contributed by atoms with Crippen LogP contribution in [0.5, 0.6) is 0 Å². The van der Waals surface area contributed by atoms with E-state index in [0.29, 0.717) is 6.54 Å². The van der Waals surface area contributed by atoms with Gasteiger partial charge in [0.2, 0.25) is 0 Å². The molecule has 0 bridgehead atoms. The maximum Gasteiger partial charge on any atom is 0.324 e. The van der Waals surface area contributed by atoms with Gasteiger partial charge in [0.15, 0.2) is 9.84 Å². The molecule has 0 spiro atoms. The molecule has 6 nitrogen and oxygen atoms in total. The Morgan fingerprint density at radius 2 is 2.29 bits per heavy atom. The van der Waals surface area contributed by atoms with Crippen molar-refractivity contribution in [3.8, 4) is 0 Å². The standard InChI is InChI=1S/C9H10N2O4S2/c12-11(13)9-2-1-8(16-9)5-10-7-3-4-17(14,15)6-7/h1-4,7,10H,5-6H2. The van der Waals surface area contributed by atoms with Crippen molar-refractivity contribution in [2.45, 2.75) is 12.6 Å². The van der Waals surface area contributed by atoms with Crippen molar-refractivity contribution < 1.29 is 13.3 Å². The number of hydrogen-bond donors (Lipinski definition) is 1. The fourth-order valence-corrected chi connectivity index (χ4v) is 3.53. The number of hydrogen-bond acceptors (Lipinski definition) is 6. The monoisotopic (exact) mass is 274 g/mol. The molecule has 0 radical (unpaired) electrons. The van der Waals surface area contributed by atoms with Crippen LogP contribution in [0.3, 0.4) is 0 Å². The van der Waals surface area contributed by atoms with Crippen LogP contribution in [-0.4, -0.2) is 25.1 Å². The molecule has 17 heavy (non-hydrogen) atoms. The molecule has 0 saturated heterocycles. The molecule has 8 heteroatoms. The van der Waals surface area contributed by atoms with Gasteiger partial charge in [0, 0.05) is 28.9 Å². The summed E-state index contributed by atoms with van der Waals surface area (Å²) in [5, 5.41) is 14.8. The molecule has 1 unspecified atom stereocenters. The molecule has 1 aromatic heterocycles. The molecule has 1 aromatic rings. The van der Waals surface area contributed by atoms with Crippen molar-refractivity contribution in [2.75, 3.05) is 5.75 Å². The molecule has 1 atom stereocenters. The van der Waals surface area contributed by atoms with E-state index in [1.165, 1.54) is 11.5 Å². The van der Waals surface area contributed by atoms with E-state index in [4.69, 9.17) is 0 Å². The molecule has 0 saturated carbocycles. The Kier molecular flexibility index (Phi) is 3.27. The third-order valence-corrected chi connectivity index (χ3v) is 4.73. The van der Waals surface area contributed by atoms with E-state index in [9.17, 15) is 18.5 Å². The number of nitrogens with one attached hydrogen (secondary N) is 1. The van der Waals surface area contributed by atoms with Crippen molar-refractivity contribution in [2.24, 2.45) is 0 Å². The highest BCUT2D eigenvalue weighted by Crippen LogP contribution is 2.23. The quantitative estimate of drug-likeness (QED) is 0.655. The Morgan fingerprint density at radius 1 is 1.53 bits per heavy atom. The van der Waals surface area contributed by atoms with Gasteiger partial charge >= 0.3 is 5.00 Å². The van der Waals surface area contributed by atoms with Gasteiger partial charge in [-0.15, -0.1) is 0 Å². The average molecular weight is 274 g/mol. The SMILES string of the molecule is O=[N+]([O-])c1ccc(CNC2C=CS(=O)(=O)C2)s1. The third kappa shape index (κ3) is 3.11. The Morgan fingerprint density at radius 3 is 2.82 bits per heavy atom. The number of nitrogens with zero attached hydrogens (tertiary/aromatic N) is 1. The van der Waals surface area contributed by atoms with E-state index in [0.717, 1.165) is 16.2 Å². The lowest BCUT2D eigenvalue weighted by atomic mass is 10.3. The van der Waals surface area contributed by atoms with E-state index < -0.39 is 14.8 Å². The Bertz CT molecular complexity index is 561. The van der Waals surface area contributed by atoms with Gasteiger partial charge in [-0.1, -0.05) is 17.4 Å². The summed E-state index contributed by atoms with van der Waals surface area (Å²) < 4.78 is 22.3. The zero-order valence-corrected chi connectivity index (χ0v) is 10.3. The van der Waals surface area contributed by atoms with Crippen molar-refractivity contribution in [3.05, 3.63) is 38.6 Å². The number of thiophene rings is 1. The number of sulfone groups is 1. The summed E-state index contributed by atoms with van der Waals surface area (Å²) in [6.07, 6.45) is 1.59. The lowest BCUT2D eigenvalue weighted by molar-refractivity contribution is -0.380. The molecule has 1 aliphatic heterocycles. The van der Waals surface area contributed by atoms with Gasteiger partial charge in [-0.2, -0.15) is 0 Å². The molecule has 1 N–H and O–H groups in total. The van der Waals surface area contributed by atoms with E-state index in [2.05, 4.69) is 5.32 Å². The van der Waals surface area contributed by atoms with E-state index >= 15 is 0 Å². The van der Waals surface area contributed by atoms with Crippen molar-refractivity contribution in [1.82, 2.24) is 5.32 Å². The Balaban J connectivity index is 1.91. The second-order valence-electron chi connectivity index (χ2n) is 3.64. The minimum atomic E-state index is -3.06. The van der Waals surface area contributed by atoms with Gasteiger partial charge in [-0.05, 0) is 6.07 Å². The lowest BCUT2D eigenvalue weighted by Crippen LogP contribution is -2.29. The summed E-state index contributed by atoms with van der Waals surface area (Å²) >= 11 is 1.09. The molecule has 1 aliphatic rings. The third-order valence-electron chi connectivity index (χ3n) is 2.30. The summed E-state index contributed by atoms with van der Waals surface area (Å²) in [6.45, 7) is 0.434. The van der Waals surface area contributed by atoms with Crippen LogP contribution in [0, 0.1) is 10.1 Å². The summed E-state index contributed by atoms with van der Waals surface area (Å²) in [7, 11) is -3.06. The fraction of sp³-hybridized carbons (Fsp3) is 0.333. The first kappa shape index (κ1) is 12.2. The average Bonchev–Trinajstić information content (AvgIpc) is 2.81. The normalized spacial score (nSPS) is 21.8. The smallest absolute Gasteiger partial charge is 0.305 e. The predicted octanol–water partition coefficient (Wildman–Crippen LogP) is 1.06. The minimum absolute atomic E-state index is 0.0560. The number of nitro groups is 1. The van der Waals surface area contributed by atoms with Crippen LogP contribution >= 0.6 is 11.3 Å². The molecule has 92 valence electrons. The summed E-state index contributed by atoms with van der Waals surface area (Å²) in [4.78, 5) is 10.8. The first-order chi connectivity index (χ1) is 7.96. The first-order valence-corrected chi connectivity index (χ1v) is 7.37. The van der Waals surface area contributed by atoms with Crippen LogP contribution in [0.25, 0.3) is 0 Å². The van der Waals surface area contributed by atoms with E-state index in [-0.39, 0.29) is 16.8 Å². The maximum atomic E-state index is 11.1. The van der Waals surface area contributed by atoms with E-state index in [1.807, 2.05) is 0 Å². The summed E-state index contributed by atoms with van der Waals surface area (Å²) in [5.41, 5.74) is 0. The van der Waals surface area contributed by atoms with Crippen LogP contribution < -0.4 is 5.32 Å². The fourth-order valence-electron chi connectivity index (χ4n) is 1.49. The van der Waals surface area contributed by atoms with Gasteiger partial charge in [0.05, 0.1) is 10.7 Å². The molecule has 0 aromatic carbocycles. The van der Waals surface area contributed by atoms with E-state index in [1.54, 1.807) is 12.1 Å². The van der Waals surface area contributed by atoms with Gasteiger partial charge in [-0.25, -0.2) is 8.42 Å². The van der Waals surface area contributed by atoms with Gasteiger partial charge in [0.25, 0.3) is 0 Å². The van der Waals surface area contributed by atoms with Gasteiger partial charge < -0.3 is 5.32 Å². The first-order valence-electron chi connectivity index (χ1n) is 4.84. The molecule has 0 aliphatic carbocycles. The van der Waals surface area contributed by atoms with Gasteiger partial charge in [-0.3, -0.25) is 10.1 Å². The highest BCUT2D eigenvalue weighted by atomic mass is 32.2. The molecule has 0 fully saturated rings. The van der Waals surface area contributed by atoms with Gasteiger partial charge in [0.1, 0.15) is 0 Å². The van der Waals surface area contributed by atoms with Crippen LogP contribution in [0.1, 0.15) is 4.88 Å². The Hall–Kier alpha value is -1.25. The topological polar surface area (TPSA) is 89.3 Å². The molecule has 0 amide bonds. The summed E-state index contributed by atoms with van der Waals surface area (Å²) in [5.74, 6) is 0.0560. The van der Waals surface area contributed by atoms with Crippen molar-refractivity contribution in [1.29, 1.82) is 0 Å². The van der Waals surface area contributed by atoms with Crippen LogP contribution in [0.2, 0.25) is 0 Å². The zero-order chi connectivity index (χ0) is 12.5. The minimum Gasteiger partial charge on any atom is -0.305 e. The molecule has 2 rings (SSSR count). The molecular formula is C9H10N2O4S2. The highest BCUT2D eigenvalue weighted by molar-refractivity contribution is 7.94. The van der Waals surface area contributed by atoms with Crippen LogP contribution in [0.4, 0.5) is 5.00 Å². The number of rotatable bonds is 4. The zero-order valence-electron chi connectivity index (χ0n) is 8.70. The Labute approximate surface area is 102 Å². The second kappa shape index (κ2) is 4.55. The molecule has 2 heterocycles. The second-order valence-corrected chi connectivity index (χ2v) is 6.72. The van der Waals surface area contributed by atoms with Crippen molar-refractivity contribution >= 4 is 26.2 Å². The van der Waals surface area contributed by atoms with Crippen molar-refractivity contribution in [3.63, 3.8) is 0 Å². The van der Waals surface area contributed by atoms with Crippen LogP contribution in [0.15, 0.2) is 23.6 Å². The lowest BCUT2D eigenvalue weighted by Gasteiger charge is -2.07. The maximum absolute atomic E-state index is 11.1. The predicted molar refractivity (Wildman–Crippen MR) is 64.5 cm³/mol. The van der Waals surface area contributed by atoms with Crippen LogP contribution in [-0.2, 0) is 16.4 Å².